The van der Waals surface area contributed by atoms with Gasteiger partial charge in [0.05, 0.1) is 6.10 Å². The summed E-state index contributed by atoms with van der Waals surface area (Å²) in [5, 5.41) is 3.46. The molecule has 1 N–H and O–H groups in total. The van der Waals surface area contributed by atoms with E-state index in [9.17, 15) is 0 Å². The average molecular weight is 339 g/mol. The zero-order chi connectivity index (χ0) is 17.2. The van der Waals surface area contributed by atoms with Crippen molar-refractivity contribution >= 4 is 5.96 Å². The molecule has 0 atom stereocenters. The van der Waals surface area contributed by atoms with Gasteiger partial charge in [0.15, 0.2) is 5.96 Å². The Morgan fingerprint density at radius 3 is 2.42 bits per heavy atom. The van der Waals surface area contributed by atoms with Gasteiger partial charge in [0, 0.05) is 32.8 Å². The summed E-state index contributed by atoms with van der Waals surface area (Å²) in [6, 6.07) is 0. The Kier molecular flexibility index (Phi) is 8.89. The Bertz CT molecular complexity index is 358. The lowest BCUT2D eigenvalue weighted by molar-refractivity contribution is 0.0264. The molecule has 5 nitrogen and oxygen atoms in total. The lowest BCUT2D eigenvalue weighted by atomic mass is 9.99. The van der Waals surface area contributed by atoms with Gasteiger partial charge in [-0.1, -0.05) is 6.92 Å². The van der Waals surface area contributed by atoms with Crippen LogP contribution in [0.5, 0.6) is 0 Å². The van der Waals surface area contributed by atoms with Crippen LogP contribution in [0.1, 0.15) is 52.9 Å². The van der Waals surface area contributed by atoms with Crippen LogP contribution in [0.3, 0.4) is 0 Å². The predicted octanol–water partition coefficient (Wildman–Crippen LogP) is 2.57. The number of piperidine rings is 2. The minimum atomic E-state index is 0.440. The average Bonchev–Trinajstić information content (AvgIpc) is 2.60. The number of hydrogen-bond acceptors (Lipinski definition) is 3. The van der Waals surface area contributed by atoms with Crippen LogP contribution in [0.2, 0.25) is 0 Å². The van der Waals surface area contributed by atoms with Crippen molar-refractivity contribution in [2.45, 2.75) is 59.0 Å². The first kappa shape index (κ1) is 19.5. The van der Waals surface area contributed by atoms with Crippen LogP contribution in [0, 0.1) is 5.92 Å². The molecular formula is C19H38N4O. The quantitative estimate of drug-likeness (QED) is 0.440. The van der Waals surface area contributed by atoms with Crippen molar-refractivity contribution in [3.63, 3.8) is 0 Å². The highest BCUT2D eigenvalue weighted by Gasteiger charge is 2.21. The Morgan fingerprint density at radius 2 is 1.79 bits per heavy atom. The van der Waals surface area contributed by atoms with Gasteiger partial charge in [-0.05, 0) is 71.5 Å². The fourth-order valence-corrected chi connectivity index (χ4v) is 3.66. The Hall–Kier alpha value is -0.810. The molecule has 140 valence electrons. The molecule has 2 aliphatic heterocycles. The summed E-state index contributed by atoms with van der Waals surface area (Å²) in [6.45, 7) is 15.2. The van der Waals surface area contributed by atoms with Crippen molar-refractivity contribution in [1.29, 1.82) is 0 Å². The van der Waals surface area contributed by atoms with Gasteiger partial charge in [-0.2, -0.15) is 0 Å². The summed E-state index contributed by atoms with van der Waals surface area (Å²) in [4.78, 5) is 9.88. The number of nitrogens with one attached hydrogen (secondary N) is 1. The number of hydrogen-bond donors (Lipinski definition) is 1. The number of nitrogens with zero attached hydrogens (tertiary/aromatic N) is 3. The molecule has 0 spiro atoms. The summed E-state index contributed by atoms with van der Waals surface area (Å²) < 4.78 is 5.75. The van der Waals surface area contributed by atoms with E-state index in [0.717, 1.165) is 57.5 Å². The predicted molar refractivity (Wildman–Crippen MR) is 102 cm³/mol. The molecule has 2 fully saturated rings. The lowest BCUT2D eigenvalue weighted by Gasteiger charge is -2.34. The van der Waals surface area contributed by atoms with Crippen molar-refractivity contribution in [2.75, 3.05) is 52.4 Å². The van der Waals surface area contributed by atoms with E-state index >= 15 is 0 Å². The second kappa shape index (κ2) is 10.9. The third-order valence-corrected chi connectivity index (χ3v) is 5.25. The molecule has 24 heavy (non-hydrogen) atoms. The minimum absolute atomic E-state index is 0.440. The van der Waals surface area contributed by atoms with Crippen LogP contribution >= 0.6 is 0 Å². The number of likely N-dealkylation sites (tertiary alicyclic amines) is 2. The van der Waals surface area contributed by atoms with Crippen LogP contribution in [0.4, 0.5) is 0 Å². The molecule has 0 saturated carbocycles. The van der Waals surface area contributed by atoms with Crippen molar-refractivity contribution in [1.82, 2.24) is 15.1 Å². The van der Waals surface area contributed by atoms with Gasteiger partial charge in [-0.25, -0.2) is 0 Å². The molecule has 0 aromatic heterocycles. The molecule has 2 saturated heterocycles. The second-order valence-electron chi connectivity index (χ2n) is 7.26. The van der Waals surface area contributed by atoms with Crippen LogP contribution in [-0.2, 0) is 4.74 Å². The Labute approximate surface area is 148 Å². The highest BCUT2D eigenvalue weighted by atomic mass is 16.5. The van der Waals surface area contributed by atoms with Crippen molar-refractivity contribution in [3.8, 4) is 0 Å². The first-order valence-electron chi connectivity index (χ1n) is 10.1. The molecule has 2 aliphatic rings. The standard InChI is InChI=1S/C19H38N4O/c1-4-20-19(23-15-9-18(10-16-23)24-5-2)21-11-6-12-22-13-7-17(3)8-14-22/h17-18H,4-16H2,1-3H3,(H,20,21). The lowest BCUT2D eigenvalue weighted by Crippen LogP contribution is -2.47. The molecule has 2 rings (SSSR count). The second-order valence-corrected chi connectivity index (χ2v) is 7.26. The summed E-state index contributed by atoms with van der Waals surface area (Å²) in [5.41, 5.74) is 0. The van der Waals surface area contributed by atoms with Gasteiger partial charge in [0.2, 0.25) is 0 Å². The van der Waals surface area contributed by atoms with E-state index in [-0.39, 0.29) is 0 Å². The smallest absolute Gasteiger partial charge is 0.193 e. The fraction of sp³-hybridized carbons (Fsp3) is 0.947. The summed E-state index contributed by atoms with van der Waals surface area (Å²) in [5.74, 6) is 2.01. The summed E-state index contributed by atoms with van der Waals surface area (Å²) in [7, 11) is 0. The largest absolute Gasteiger partial charge is 0.378 e. The maximum atomic E-state index is 5.75. The number of rotatable bonds is 7. The molecule has 5 heteroatoms. The fourth-order valence-electron chi connectivity index (χ4n) is 3.66. The highest BCUT2D eigenvalue weighted by Crippen LogP contribution is 2.16. The molecule has 0 aromatic carbocycles. The number of ether oxygens (including phenoxy) is 1. The maximum absolute atomic E-state index is 5.75. The maximum Gasteiger partial charge on any atom is 0.193 e. The number of aliphatic imine (C=N–C) groups is 1. The third-order valence-electron chi connectivity index (χ3n) is 5.25. The van der Waals surface area contributed by atoms with E-state index in [0.29, 0.717) is 6.10 Å². The van der Waals surface area contributed by atoms with Gasteiger partial charge < -0.3 is 19.9 Å². The van der Waals surface area contributed by atoms with Crippen molar-refractivity contribution in [3.05, 3.63) is 0 Å². The zero-order valence-electron chi connectivity index (χ0n) is 16.1. The molecular weight excluding hydrogens is 300 g/mol. The van der Waals surface area contributed by atoms with Crippen molar-refractivity contribution < 1.29 is 4.74 Å². The number of guanidine groups is 1. The van der Waals surface area contributed by atoms with Crippen LogP contribution < -0.4 is 5.32 Å². The highest BCUT2D eigenvalue weighted by molar-refractivity contribution is 5.80. The van der Waals surface area contributed by atoms with Gasteiger partial charge >= 0.3 is 0 Å². The Balaban J connectivity index is 1.70. The topological polar surface area (TPSA) is 40.1 Å². The van der Waals surface area contributed by atoms with E-state index in [4.69, 9.17) is 9.73 Å². The van der Waals surface area contributed by atoms with Crippen LogP contribution in [0.15, 0.2) is 4.99 Å². The van der Waals surface area contributed by atoms with E-state index in [1.54, 1.807) is 0 Å². The van der Waals surface area contributed by atoms with Gasteiger partial charge in [0.25, 0.3) is 0 Å². The normalized spacial score (nSPS) is 22.1. The van der Waals surface area contributed by atoms with Crippen LogP contribution in [0.25, 0.3) is 0 Å². The SMILES string of the molecule is CCNC(=NCCCN1CCC(C)CC1)N1CCC(OCC)CC1. The molecule has 0 unspecified atom stereocenters. The van der Waals surface area contributed by atoms with Gasteiger partial charge in [-0.3, -0.25) is 4.99 Å². The molecule has 0 aromatic rings. The first-order valence-corrected chi connectivity index (χ1v) is 10.1. The van der Waals surface area contributed by atoms with Gasteiger partial charge in [0.1, 0.15) is 0 Å². The molecule has 0 amide bonds. The van der Waals surface area contributed by atoms with Crippen molar-refractivity contribution in [2.24, 2.45) is 10.9 Å². The molecule has 2 heterocycles. The summed E-state index contributed by atoms with van der Waals surface area (Å²) >= 11 is 0. The van der Waals surface area contributed by atoms with E-state index in [1.165, 1.54) is 38.9 Å². The molecule has 0 aliphatic carbocycles. The van der Waals surface area contributed by atoms with Gasteiger partial charge in [-0.15, -0.1) is 0 Å². The summed E-state index contributed by atoms with van der Waals surface area (Å²) in [6.07, 6.45) is 6.56. The molecule has 0 bridgehead atoms. The third kappa shape index (κ3) is 6.60. The zero-order valence-corrected chi connectivity index (χ0v) is 16.1. The van der Waals surface area contributed by atoms with Crippen LogP contribution in [-0.4, -0.2) is 74.3 Å². The van der Waals surface area contributed by atoms with E-state index in [1.807, 2.05) is 0 Å². The first-order chi connectivity index (χ1) is 11.7. The molecule has 0 radical (unpaired) electrons. The van der Waals surface area contributed by atoms with E-state index < -0.39 is 0 Å². The minimum Gasteiger partial charge on any atom is -0.378 e. The van der Waals surface area contributed by atoms with E-state index in [2.05, 4.69) is 35.9 Å². The Morgan fingerprint density at radius 1 is 1.08 bits per heavy atom. The monoisotopic (exact) mass is 338 g/mol.